The van der Waals surface area contributed by atoms with Gasteiger partial charge >= 0.3 is 0 Å². The number of amides is 3. The topological polar surface area (TPSA) is 90.4 Å². The lowest BCUT2D eigenvalue weighted by molar-refractivity contribution is -0.152. The van der Waals surface area contributed by atoms with Gasteiger partial charge in [-0.15, -0.1) is 13.2 Å². The van der Waals surface area contributed by atoms with E-state index in [-0.39, 0.29) is 35.2 Å². The Labute approximate surface area is 223 Å². The molecule has 0 aromatic carbocycles. The summed E-state index contributed by atoms with van der Waals surface area (Å²) in [5.74, 6) is -2.11. The number of aliphatic hydroxyl groups excluding tert-OH is 1. The van der Waals surface area contributed by atoms with Gasteiger partial charge in [0.2, 0.25) is 17.7 Å². The summed E-state index contributed by atoms with van der Waals surface area (Å²) >= 11 is 3.72. The fourth-order valence-corrected chi connectivity index (χ4v) is 7.42. The first-order valence-corrected chi connectivity index (χ1v) is 14.1. The van der Waals surface area contributed by atoms with Crippen LogP contribution in [0, 0.1) is 11.8 Å². The molecule has 0 aliphatic carbocycles. The van der Waals surface area contributed by atoms with Crippen molar-refractivity contribution in [3.8, 4) is 0 Å². The summed E-state index contributed by atoms with van der Waals surface area (Å²) in [5, 5.41) is 10.1. The minimum atomic E-state index is -1.13. The first-order valence-electron chi connectivity index (χ1n) is 13.2. The van der Waals surface area contributed by atoms with E-state index >= 15 is 0 Å². The molecular formula is C27H42BrN3O5. The van der Waals surface area contributed by atoms with Crippen molar-refractivity contribution in [1.82, 2.24) is 14.7 Å². The van der Waals surface area contributed by atoms with Crippen LogP contribution in [0.15, 0.2) is 25.3 Å². The fraction of sp³-hybridized carbons (Fsp3) is 0.741. The Morgan fingerprint density at radius 3 is 2.44 bits per heavy atom. The van der Waals surface area contributed by atoms with Crippen LogP contribution in [0.2, 0.25) is 0 Å². The number of likely N-dealkylation sites (tertiary alicyclic amines) is 1. The molecule has 36 heavy (non-hydrogen) atoms. The Morgan fingerprint density at radius 2 is 1.89 bits per heavy atom. The molecule has 2 bridgehead atoms. The molecule has 4 unspecified atom stereocenters. The van der Waals surface area contributed by atoms with E-state index in [1.54, 1.807) is 28.9 Å². The molecule has 0 aromatic heterocycles. The molecule has 3 aliphatic rings. The van der Waals surface area contributed by atoms with Gasteiger partial charge in [0.05, 0.1) is 30.6 Å². The van der Waals surface area contributed by atoms with Crippen molar-refractivity contribution in [2.24, 2.45) is 11.8 Å². The maximum Gasteiger partial charge on any atom is 0.248 e. The number of fused-ring (bicyclic) bond motifs is 1. The van der Waals surface area contributed by atoms with Crippen molar-refractivity contribution in [1.29, 1.82) is 0 Å². The lowest BCUT2D eigenvalue weighted by Gasteiger charge is -2.40. The van der Waals surface area contributed by atoms with Crippen LogP contribution in [0.3, 0.4) is 0 Å². The van der Waals surface area contributed by atoms with Crippen molar-refractivity contribution in [3.63, 3.8) is 0 Å². The van der Waals surface area contributed by atoms with E-state index in [9.17, 15) is 19.5 Å². The third-order valence-electron chi connectivity index (χ3n) is 7.99. The number of halogens is 1. The van der Waals surface area contributed by atoms with E-state index in [0.29, 0.717) is 26.1 Å². The van der Waals surface area contributed by atoms with Gasteiger partial charge in [0.15, 0.2) is 0 Å². The van der Waals surface area contributed by atoms with Gasteiger partial charge in [0.1, 0.15) is 11.6 Å². The second kappa shape index (κ2) is 11.8. The number of carbonyl (C=O) groups excluding carboxylic acids is 3. The summed E-state index contributed by atoms with van der Waals surface area (Å²) in [6, 6.07) is -1.57. The monoisotopic (exact) mass is 567 g/mol. The fourth-order valence-electron chi connectivity index (χ4n) is 6.48. The highest BCUT2D eigenvalue weighted by Gasteiger charge is 2.77. The normalized spacial score (nSPS) is 32.2. The molecule has 3 fully saturated rings. The smallest absolute Gasteiger partial charge is 0.248 e. The highest BCUT2D eigenvalue weighted by atomic mass is 79.9. The molecule has 0 radical (unpaired) electrons. The lowest BCUT2D eigenvalue weighted by atomic mass is 9.70. The molecule has 202 valence electrons. The van der Waals surface area contributed by atoms with E-state index in [4.69, 9.17) is 4.74 Å². The molecule has 3 aliphatic heterocycles. The van der Waals surface area contributed by atoms with Gasteiger partial charge in [0.25, 0.3) is 0 Å². The van der Waals surface area contributed by atoms with Crippen LogP contribution in [0.1, 0.15) is 53.4 Å². The number of aliphatic hydroxyl groups is 1. The summed E-state index contributed by atoms with van der Waals surface area (Å²) in [6.07, 6.45) is 5.83. The third-order valence-corrected chi connectivity index (χ3v) is 8.83. The molecule has 1 spiro atoms. The second-order valence-corrected chi connectivity index (χ2v) is 11.6. The molecule has 0 aromatic rings. The van der Waals surface area contributed by atoms with Crippen LogP contribution < -0.4 is 0 Å². The van der Waals surface area contributed by atoms with E-state index in [1.165, 1.54) is 4.90 Å². The molecule has 3 rings (SSSR count). The molecular weight excluding hydrogens is 526 g/mol. The Kier molecular flexibility index (Phi) is 9.44. The summed E-state index contributed by atoms with van der Waals surface area (Å²) in [6.45, 7) is 16.4. The summed E-state index contributed by atoms with van der Waals surface area (Å²) in [5.41, 5.74) is -1.13. The van der Waals surface area contributed by atoms with E-state index in [2.05, 4.69) is 36.0 Å². The number of ether oxygens (including phenoxy) is 1. The molecule has 3 heterocycles. The largest absolute Gasteiger partial charge is 0.394 e. The number of carbonyl (C=O) groups is 3. The highest BCUT2D eigenvalue weighted by molar-refractivity contribution is 9.09. The number of hydrogen-bond acceptors (Lipinski definition) is 5. The minimum Gasteiger partial charge on any atom is -0.394 e. The van der Waals surface area contributed by atoms with Crippen LogP contribution >= 0.6 is 15.9 Å². The predicted molar refractivity (Wildman–Crippen MR) is 142 cm³/mol. The quantitative estimate of drug-likeness (QED) is 0.273. The Bertz CT molecular complexity index is 868. The van der Waals surface area contributed by atoms with E-state index in [0.717, 1.165) is 19.3 Å². The Hall–Kier alpha value is -1.71. The SMILES string of the molecule is C=CCN(CCC)C(=O)[C@H]1[C@@H]2OC3(CC2Br)C(C(=O)N(CC=C)C(C)CCC)N([C@H](C)CO)C(=O)[C@H]13. The zero-order valence-electron chi connectivity index (χ0n) is 22.1. The zero-order chi connectivity index (χ0) is 26.8. The van der Waals surface area contributed by atoms with Crippen molar-refractivity contribution in [2.75, 3.05) is 26.2 Å². The second-order valence-electron chi connectivity index (χ2n) is 10.4. The lowest BCUT2D eigenvalue weighted by Crippen LogP contribution is -2.60. The van der Waals surface area contributed by atoms with Crippen LogP contribution in [0.4, 0.5) is 0 Å². The molecule has 9 heteroatoms. The molecule has 8 atom stereocenters. The molecule has 0 saturated carbocycles. The van der Waals surface area contributed by atoms with Crippen LogP contribution in [-0.2, 0) is 19.1 Å². The van der Waals surface area contributed by atoms with Crippen LogP contribution in [0.25, 0.3) is 0 Å². The number of hydrogen-bond donors (Lipinski definition) is 1. The zero-order valence-corrected chi connectivity index (χ0v) is 23.7. The minimum absolute atomic E-state index is 0.0548. The average Bonchev–Trinajstić information content (AvgIpc) is 3.44. The average molecular weight is 569 g/mol. The Balaban J connectivity index is 2.10. The standard InChI is InChI=1S/C27H42BrN3O5/c1-7-11-17(5)30(14-10-4)26(35)23-27-15-19(28)22(36-27)20(24(33)29(12-8-2)13-9-3)21(27)25(34)31(23)18(6)16-32/h8,10,17-23,32H,2,4,7,9,11-16H2,1,3,5-6H3/t17?,18-,19?,20-,21+,22-,23?,27?/m1/s1. The van der Waals surface area contributed by atoms with E-state index < -0.39 is 35.6 Å². The number of nitrogens with zero attached hydrogens (tertiary/aromatic N) is 3. The van der Waals surface area contributed by atoms with Crippen LogP contribution in [0.5, 0.6) is 0 Å². The van der Waals surface area contributed by atoms with E-state index in [1.807, 2.05) is 13.8 Å². The first kappa shape index (κ1) is 28.9. The summed E-state index contributed by atoms with van der Waals surface area (Å²) in [4.78, 5) is 47.0. The van der Waals surface area contributed by atoms with Crippen molar-refractivity contribution in [3.05, 3.63) is 25.3 Å². The highest BCUT2D eigenvalue weighted by Crippen LogP contribution is 2.60. The van der Waals surface area contributed by atoms with Gasteiger partial charge in [-0.25, -0.2) is 0 Å². The molecule has 1 N–H and O–H groups in total. The maximum atomic E-state index is 14.3. The molecule has 8 nitrogen and oxygen atoms in total. The number of rotatable bonds is 13. The summed E-state index contributed by atoms with van der Waals surface area (Å²) < 4.78 is 6.60. The summed E-state index contributed by atoms with van der Waals surface area (Å²) in [7, 11) is 0. The predicted octanol–water partition coefficient (Wildman–Crippen LogP) is 2.74. The number of alkyl halides is 1. The maximum absolute atomic E-state index is 14.3. The first-order chi connectivity index (χ1) is 17.1. The molecule has 3 amide bonds. The van der Waals surface area contributed by atoms with Gasteiger partial charge < -0.3 is 24.5 Å². The van der Waals surface area contributed by atoms with Gasteiger partial charge in [0, 0.05) is 30.5 Å². The van der Waals surface area contributed by atoms with Crippen molar-refractivity contribution >= 4 is 33.7 Å². The van der Waals surface area contributed by atoms with Gasteiger partial charge in [-0.3, -0.25) is 14.4 Å². The van der Waals surface area contributed by atoms with Gasteiger partial charge in [-0.2, -0.15) is 0 Å². The van der Waals surface area contributed by atoms with Crippen LogP contribution in [-0.4, -0.2) is 98.4 Å². The van der Waals surface area contributed by atoms with Gasteiger partial charge in [-0.1, -0.05) is 48.4 Å². The van der Waals surface area contributed by atoms with Crippen molar-refractivity contribution < 1.29 is 24.2 Å². The van der Waals surface area contributed by atoms with Gasteiger partial charge in [-0.05, 0) is 33.1 Å². The molecule has 3 saturated heterocycles. The third kappa shape index (κ3) is 4.67. The van der Waals surface area contributed by atoms with Crippen molar-refractivity contribution in [2.45, 2.75) is 88.0 Å². The Morgan fingerprint density at radius 1 is 1.22 bits per heavy atom.